The van der Waals surface area contributed by atoms with Crippen LogP contribution in [0.15, 0.2) is 41.4 Å². The number of nitrogens with zero attached hydrogens (tertiary/aromatic N) is 5. The summed E-state index contributed by atoms with van der Waals surface area (Å²) in [5.41, 5.74) is 6.44. The van der Waals surface area contributed by atoms with Gasteiger partial charge in [-0.25, -0.2) is 4.98 Å². The number of hydrogen-bond donors (Lipinski definition) is 2. The number of aromatic nitrogens is 5. The molecule has 2 heterocycles. The van der Waals surface area contributed by atoms with Crippen LogP contribution in [0, 0.1) is 0 Å². The third-order valence-electron chi connectivity index (χ3n) is 2.55. The average Bonchev–Trinajstić information content (AvgIpc) is 2.96. The molecule has 2 aromatic heterocycles. The summed E-state index contributed by atoms with van der Waals surface area (Å²) < 4.78 is 2.46. The molecule has 7 nitrogen and oxygen atoms in total. The van der Waals surface area contributed by atoms with Crippen molar-refractivity contribution in [2.75, 3.05) is 11.1 Å². The van der Waals surface area contributed by atoms with Gasteiger partial charge in [0.15, 0.2) is 0 Å². The molecule has 0 bridgehead atoms. The third-order valence-corrected chi connectivity index (χ3v) is 3.48. The van der Waals surface area contributed by atoms with Crippen molar-refractivity contribution in [3.8, 4) is 5.95 Å². The number of nitrogen functional groups attached to an aromatic ring is 1. The van der Waals surface area contributed by atoms with Crippen molar-refractivity contribution in [3.63, 3.8) is 0 Å². The lowest BCUT2D eigenvalue weighted by Crippen LogP contribution is -2.08. The zero-order chi connectivity index (χ0) is 14.8. The van der Waals surface area contributed by atoms with E-state index in [1.165, 1.54) is 0 Å². The monoisotopic (exact) mass is 365 g/mol. The first kappa shape index (κ1) is 13.8. The number of anilines is 3. The summed E-state index contributed by atoms with van der Waals surface area (Å²) in [7, 11) is 0. The van der Waals surface area contributed by atoms with Gasteiger partial charge in [-0.05, 0) is 34.1 Å². The lowest BCUT2D eigenvalue weighted by Gasteiger charge is -2.09. The van der Waals surface area contributed by atoms with Crippen LogP contribution in [0.1, 0.15) is 0 Å². The third kappa shape index (κ3) is 3.11. The second kappa shape index (κ2) is 5.66. The summed E-state index contributed by atoms with van der Waals surface area (Å²) in [6, 6.07) is 5.35. The van der Waals surface area contributed by atoms with E-state index in [2.05, 4.69) is 41.2 Å². The molecule has 3 rings (SSSR count). The maximum absolute atomic E-state index is 5.98. The van der Waals surface area contributed by atoms with Crippen LogP contribution >= 0.6 is 27.5 Å². The largest absolute Gasteiger partial charge is 0.368 e. The topological polar surface area (TPSA) is 94.5 Å². The summed E-state index contributed by atoms with van der Waals surface area (Å²) in [6.45, 7) is 0. The standard InChI is InChI=1S/C12H9BrClN7/c13-8-2-1-7(14)5-9(8)17-11-18-10(15)19-12(20-11)21-4-3-16-6-21/h1-6H,(H3,15,17,18,19,20). The summed E-state index contributed by atoms with van der Waals surface area (Å²) in [6.07, 6.45) is 4.92. The molecule has 3 aromatic rings. The molecule has 0 saturated heterocycles. The molecule has 3 N–H and O–H groups in total. The number of halogens is 2. The fraction of sp³-hybridized carbons (Fsp3) is 0. The molecule has 0 aliphatic carbocycles. The van der Waals surface area contributed by atoms with Gasteiger partial charge in [-0.15, -0.1) is 0 Å². The van der Waals surface area contributed by atoms with Crippen LogP contribution in [0.2, 0.25) is 5.02 Å². The molecule has 0 fully saturated rings. The van der Waals surface area contributed by atoms with Crippen molar-refractivity contribution in [2.24, 2.45) is 0 Å². The first-order chi connectivity index (χ1) is 10.1. The van der Waals surface area contributed by atoms with E-state index >= 15 is 0 Å². The molecule has 1 aromatic carbocycles. The fourth-order valence-electron chi connectivity index (χ4n) is 1.64. The minimum Gasteiger partial charge on any atom is -0.368 e. The Morgan fingerprint density at radius 1 is 1.24 bits per heavy atom. The minimum atomic E-state index is 0.106. The molecule has 0 aliphatic rings. The van der Waals surface area contributed by atoms with Gasteiger partial charge >= 0.3 is 0 Å². The van der Waals surface area contributed by atoms with E-state index in [1.807, 2.05) is 6.07 Å². The Labute approximate surface area is 133 Å². The van der Waals surface area contributed by atoms with E-state index in [9.17, 15) is 0 Å². The average molecular weight is 367 g/mol. The molecule has 0 spiro atoms. The van der Waals surface area contributed by atoms with Crippen LogP contribution in [0.3, 0.4) is 0 Å². The number of rotatable bonds is 3. The summed E-state index contributed by atoms with van der Waals surface area (Å²) in [4.78, 5) is 16.3. The molecular weight excluding hydrogens is 358 g/mol. The quantitative estimate of drug-likeness (QED) is 0.740. The molecule has 9 heteroatoms. The van der Waals surface area contributed by atoms with Crippen molar-refractivity contribution in [3.05, 3.63) is 46.4 Å². The van der Waals surface area contributed by atoms with E-state index in [-0.39, 0.29) is 5.95 Å². The van der Waals surface area contributed by atoms with Crippen molar-refractivity contribution in [1.82, 2.24) is 24.5 Å². The normalized spacial score (nSPS) is 10.6. The van der Waals surface area contributed by atoms with Crippen molar-refractivity contribution >= 4 is 45.1 Å². The first-order valence-electron chi connectivity index (χ1n) is 5.84. The first-order valence-corrected chi connectivity index (χ1v) is 7.01. The van der Waals surface area contributed by atoms with Crippen molar-refractivity contribution < 1.29 is 0 Å². The van der Waals surface area contributed by atoms with Gasteiger partial charge in [-0.1, -0.05) is 11.6 Å². The predicted octanol–water partition coefficient (Wildman–Crippen LogP) is 2.80. The summed E-state index contributed by atoms with van der Waals surface area (Å²) >= 11 is 9.40. The van der Waals surface area contributed by atoms with Crippen LogP contribution in [0.4, 0.5) is 17.6 Å². The lowest BCUT2D eigenvalue weighted by molar-refractivity contribution is 0.906. The second-order valence-corrected chi connectivity index (χ2v) is 5.33. The van der Waals surface area contributed by atoms with Crippen LogP contribution in [-0.4, -0.2) is 24.5 Å². The maximum atomic E-state index is 5.98. The SMILES string of the molecule is Nc1nc(Nc2cc(Cl)ccc2Br)nc(-n2ccnc2)n1. The number of benzene rings is 1. The van der Waals surface area contributed by atoms with Gasteiger partial charge in [-0.2, -0.15) is 15.0 Å². The zero-order valence-electron chi connectivity index (χ0n) is 10.5. The second-order valence-electron chi connectivity index (χ2n) is 4.04. The number of nitrogens with one attached hydrogen (secondary N) is 1. The Morgan fingerprint density at radius 2 is 2.10 bits per heavy atom. The molecule has 106 valence electrons. The van der Waals surface area contributed by atoms with Gasteiger partial charge in [0, 0.05) is 21.9 Å². The highest BCUT2D eigenvalue weighted by atomic mass is 79.9. The van der Waals surface area contributed by atoms with Gasteiger partial charge in [0.25, 0.3) is 0 Å². The van der Waals surface area contributed by atoms with Crippen LogP contribution in [0.25, 0.3) is 5.95 Å². The molecule has 0 atom stereocenters. The molecule has 0 amide bonds. The van der Waals surface area contributed by atoms with E-state index < -0.39 is 0 Å². The Morgan fingerprint density at radius 3 is 2.86 bits per heavy atom. The highest BCUT2D eigenvalue weighted by molar-refractivity contribution is 9.10. The Hall–Kier alpha value is -2.19. The fourth-order valence-corrected chi connectivity index (χ4v) is 2.16. The predicted molar refractivity (Wildman–Crippen MR) is 83.8 cm³/mol. The van der Waals surface area contributed by atoms with E-state index in [1.54, 1.807) is 35.4 Å². The molecular formula is C12H9BrClN7. The summed E-state index contributed by atoms with van der Waals surface area (Å²) in [5, 5.41) is 3.64. The highest BCUT2D eigenvalue weighted by Gasteiger charge is 2.08. The van der Waals surface area contributed by atoms with E-state index in [4.69, 9.17) is 17.3 Å². The lowest BCUT2D eigenvalue weighted by atomic mass is 10.3. The van der Waals surface area contributed by atoms with Crippen LogP contribution in [0.5, 0.6) is 0 Å². The van der Waals surface area contributed by atoms with Gasteiger partial charge in [-0.3, -0.25) is 4.57 Å². The van der Waals surface area contributed by atoms with Crippen molar-refractivity contribution in [2.45, 2.75) is 0 Å². The van der Waals surface area contributed by atoms with E-state index in [0.717, 1.165) is 10.2 Å². The number of imidazole rings is 1. The zero-order valence-corrected chi connectivity index (χ0v) is 12.9. The van der Waals surface area contributed by atoms with Crippen molar-refractivity contribution in [1.29, 1.82) is 0 Å². The maximum Gasteiger partial charge on any atom is 0.241 e. The Kier molecular flexibility index (Phi) is 3.72. The van der Waals surface area contributed by atoms with Crippen LogP contribution in [-0.2, 0) is 0 Å². The van der Waals surface area contributed by atoms with Gasteiger partial charge < -0.3 is 11.1 Å². The van der Waals surface area contributed by atoms with Crippen LogP contribution < -0.4 is 11.1 Å². The minimum absolute atomic E-state index is 0.106. The van der Waals surface area contributed by atoms with Gasteiger partial charge in [0.2, 0.25) is 17.8 Å². The number of nitrogens with two attached hydrogens (primary N) is 1. The van der Waals surface area contributed by atoms with E-state index in [0.29, 0.717) is 16.9 Å². The Balaban J connectivity index is 1.97. The smallest absolute Gasteiger partial charge is 0.241 e. The molecule has 21 heavy (non-hydrogen) atoms. The molecule has 0 aliphatic heterocycles. The number of hydrogen-bond acceptors (Lipinski definition) is 6. The highest BCUT2D eigenvalue weighted by Crippen LogP contribution is 2.27. The molecule has 0 saturated carbocycles. The summed E-state index contributed by atoms with van der Waals surface area (Å²) in [5.74, 6) is 0.796. The Bertz CT molecular complexity index is 775. The van der Waals surface area contributed by atoms with Gasteiger partial charge in [0.05, 0.1) is 5.69 Å². The molecule has 0 unspecified atom stereocenters. The molecule has 0 radical (unpaired) electrons. The van der Waals surface area contributed by atoms with Gasteiger partial charge in [0.1, 0.15) is 6.33 Å².